The van der Waals surface area contributed by atoms with Crippen LogP contribution in [0.4, 0.5) is 0 Å². The largest absolute Gasteiger partial charge is 0.508 e. The van der Waals surface area contributed by atoms with Gasteiger partial charge in [0.2, 0.25) is 0 Å². The fraction of sp³-hybridized carbons (Fsp3) is 0.467. The number of phenolic OH excluding ortho intramolecular Hbond substituents is 1. The third-order valence-corrected chi connectivity index (χ3v) is 4.35. The van der Waals surface area contributed by atoms with Crippen molar-refractivity contribution in [2.75, 3.05) is 0 Å². The quantitative estimate of drug-likeness (QED) is 0.646. The van der Waals surface area contributed by atoms with Crippen molar-refractivity contribution in [3.05, 3.63) is 29.8 Å². The van der Waals surface area contributed by atoms with Gasteiger partial charge in [-0.15, -0.1) is 0 Å². The number of hydrazone groups is 1. The Hall–Kier alpha value is -1.84. The van der Waals surface area contributed by atoms with E-state index in [0.29, 0.717) is 11.5 Å². The number of carbonyl (C=O) groups is 1. The van der Waals surface area contributed by atoms with Gasteiger partial charge in [0.05, 0.1) is 0 Å². The topological polar surface area (TPSA) is 61.7 Å². The van der Waals surface area contributed by atoms with Crippen molar-refractivity contribution < 1.29 is 9.90 Å². The normalized spacial score (nSPS) is 28.9. The Morgan fingerprint density at radius 1 is 1.26 bits per heavy atom. The first-order valence-electron chi connectivity index (χ1n) is 6.85. The van der Waals surface area contributed by atoms with Gasteiger partial charge in [-0.05, 0) is 61.3 Å². The molecule has 0 aromatic heterocycles. The van der Waals surface area contributed by atoms with Gasteiger partial charge in [0, 0.05) is 11.8 Å². The van der Waals surface area contributed by atoms with E-state index in [0.717, 1.165) is 11.8 Å². The zero-order valence-corrected chi connectivity index (χ0v) is 10.7. The van der Waals surface area contributed by atoms with E-state index < -0.39 is 0 Å². The second kappa shape index (κ2) is 5.03. The molecule has 0 saturated heterocycles. The molecule has 3 rings (SSSR count). The molecule has 2 aliphatic rings. The maximum absolute atomic E-state index is 11.8. The molecule has 0 spiro atoms. The molecule has 1 amide bonds. The molecule has 3 unspecified atom stereocenters. The van der Waals surface area contributed by atoms with Crippen molar-refractivity contribution in [1.29, 1.82) is 0 Å². The Kier molecular flexibility index (Phi) is 3.23. The maximum atomic E-state index is 11.8. The molecule has 0 heterocycles. The van der Waals surface area contributed by atoms with Crippen molar-refractivity contribution in [1.82, 2.24) is 5.43 Å². The predicted molar refractivity (Wildman–Crippen MR) is 73.0 cm³/mol. The van der Waals surface area contributed by atoms with Crippen LogP contribution >= 0.6 is 0 Å². The third-order valence-electron chi connectivity index (χ3n) is 4.35. The van der Waals surface area contributed by atoms with Crippen molar-refractivity contribution in [2.24, 2.45) is 22.9 Å². The second-order valence-corrected chi connectivity index (χ2v) is 5.60. The number of nitrogens with zero attached hydrogens (tertiary/aromatic N) is 1. The summed E-state index contributed by atoms with van der Waals surface area (Å²) < 4.78 is 0. The van der Waals surface area contributed by atoms with E-state index in [1.807, 2.05) is 6.21 Å². The fourth-order valence-corrected chi connectivity index (χ4v) is 3.35. The standard InChI is InChI=1S/C15H18N2O2/c18-14-5-3-11(4-6-14)15(19)17-16-9-13-8-10-1-2-12(13)7-10/h3-6,9-10,12-13,18H,1-2,7-8H2,(H,17,19)/b16-9+. The van der Waals surface area contributed by atoms with Crippen molar-refractivity contribution in [3.8, 4) is 5.75 Å². The maximum Gasteiger partial charge on any atom is 0.271 e. The van der Waals surface area contributed by atoms with Gasteiger partial charge in [0.15, 0.2) is 0 Å². The van der Waals surface area contributed by atoms with E-state index in [9.17, 15) is 4.79 Å². The monoisotopic (exact) mass is 258 g/mol. The molecule has 2 saturated carbocycles. The first-order valence-corrected chi connectivity index (χ1v) is 6.85. The van der Waals surface area contributed by atoms with Crippen LogP contribution in [0.5, 0.6) is 5.75 Å². The van der Waals surface area contributed by atoms with Gasteiger partial charge >= 0.3 is 0 Å². The van der Waals surface area contributed by atoms with Gasteiger partial charge in [-0.3, -0.25) is 4.79 Å². The fourth-order valence-electron chi connectivity index (χ4n) is 3.35. The number of phenols is 1. The van der Waals surface area contributed by atoms with Crippen LogP contribution in [0.1, 0.15) is 36.0 Å². The van der Waals surface area contributed by atoms with E-state index in [1.54, 1.807) is 12.1 Å². The van der Waals surface area contributed by atoms with Gasteiger partial charge in [-0.2, -0.15) is 5.10 Å². The molecule has 19 heavy (non-hydrogen) atoms. The lowest BCUT2D eigenvalue weighted by atomic mass is 9.90. The molecule has 2 bridgehead atoms. The highest BCUT2D eigenvalue weighted by Crippen LogP contribution is 2.47. The van der Waals surface area contributed by atoms with Crippen LogP contribution in [0.15, 0.2) is 29.4 Å². The van der Waals surface area contributed by atoms with Crippen LogP contribution in [-0.4, -0.2) is 17.2 Å². The first-order chi connectivity index (χ1) is 9.22. The van der Waals surface area contributed by atoms with E-state index in [4.69, 9.17) is 5.11 Å². The Bertz CT molecular complexity index is 495. The van der Waals surface area contributed by atoms with Gasteiger partial charge < -0.3 is 5.11 Å². The molecular formula is C15H18N2O2. The molecule has 3 atom stereocenters. The minimum Gasteiger partial charge on any atom is -0.508 e. The van der Waals surface area contributed by atoms with Gasteiger partial charge in [-0.1, -0.05) is 6.42 Å². The summed E-state index contributed by atoms with van der Waals surface area (Å²) in [4.78, 5) is 11.8. The number of rotatable bonds is 3. The average molecular weight is 258 g/mol. The van der Waals surface area contributed by atoms with E-state index in [-0.39, 0.29) is 11.7 Å². The Morgan fingerprint density at radius 3 is 2.68 bits per heavy atom. The van der Waals surface area contributed by atoms with Crippen LogP contribution in [0.25, 0.3) is 0 Å². The van der Waals surface area contributed by atoms with Crippen LogP contribution in [0.2, 0.25) is 0 Å². The van der Waals surface area contributed by atoms with Crippen LogP contribution in [-0.2, 0) is 0 Å². The Labute approximate surface area is 112 Å². The van der Waals surface area contributed by atoms with Crippen LogP contribution in [0, 0.1) is 17.8 Å². The lowest BCUT2D eigenvalue weighted by Gasteiger charge is -2.16. The minimum atomic E-state index is -0.237. The Morgan fingerprint density at radius 2 is 2.05 bits per heavy atom. The molecule has 0 aliphatic heterocycles. The van der Waals surface area contributed by atoms with E-state index in [1.165, 1.54) is 37.8 Å². The van der Waals surface area contributed by atoms with Crippen LogP contribution in [0.3, 0.4) is 0 Å². The summed E-state index contributed by atoms with van der Waals surface area (Å²) in [5.74, 6) is 2.12. The highest BCUT2D eigenvalue weighted by atomic mass is 16.3. The molecule has 2 N–H and O–H groups in total. The molecule has 1 aromatic carbocycles. The Balaban J connectivity index is 1.54. The van der Waals surface area contributed by atoms with Gasteiger partial charge in [0.25, 0.3) is 5.91 Å². The number of benzene rings is 1. The summed E-state index contributed by atoms with van der Waals surface area (Å²) in [6.45, 7) is 0. The van der Waals surface area contributed by atoms with Gasteiger partial charge in [0.1, 0.15) is 5.75 Å². The summed E-state index contributed by atoms with van der Waals surface area (Å²) in [6.07, 6.45) is 7.15. The molecule has 2 fully saturated rings. The SMILES string of the molecule is O=C(N/N=C/C1CC2CCC1C2)c1ccc(O)cc1. The number of carbonyl (C=O) groups excluding carboxylic acids is 1. The van der Waals surface area contributed by atoms with Gasteiger partial charge in [-0.25, -0.2) is 5.43 Å². The highest BCUT2D eigenvalue weighted by Gasteiger charge is 2.38. The third kappa shape index (κ3) is 2.62. The predicted octanol–water partition coefficient (Wildman–Crippen LogP) is 2.54. The number of amides is 1. The summed E-state index contributed by atoms with van der Waals surface area (Å²) >= 11 is 0. The molecule has 2 aliphatic carbocycles. The smallest absolute Gasteiger partial charge is 0.271 e. The number of hydrogen-bond donors (Lipinski definition) is 2. The van der Waals surface area contributed by atoms with Crippen molar-refractivity contribution in [2.45, 2.75) is 25.7 Å². The number of hydrogen-bond acceptors (Lipinski definition) is 3. The summed E-state index contributed by atoms with van der Waals surface area (Å²) in [5, 5.41) is 13.2. The van der Waals surface area contributed by atoms with E-state index in [2.05, 4.69) is 10.5 Å². The number of fused-ring (bicyclic) bond motifs is 2. The van der Waals surface area contributed by atoms with Crippen molar-refractivity contribution >= 4 is 12.1 Å². The second-order valence-electron chi connectivity index (χ2n) is 5.60. The zero-order valence-electron chi connectivity index (χ0n) is 10.7. The molecule has 1 aromatic rings. The lowest BCUT2D eigenvalue weighted by molar-refractivity contribution is 0.0955. The number of aromatic hydroxyl groups is 1. The lowest BCUT2D eigenvalue weighted by Crippen LogP contribution is -2.20. The van der Waals surface area contributed by atoms with E-state index >= 15 is 0 Å². The molecule has 0 radical (unpaired) electrons. The summed E-state index contributed by atoms with van der Waals surface area (Å²) in [6, 6.07) is 6.15. The highest BCUT2D eigenvalue weighted by molar-refractivity contribution is 5.94. The zero-order chi connectivity index (χ0) is 13.2. The first kappa shape index (κ1) is 12.2. The number of nitrogens with one attached hydrogen (secondary N) is 1. The van der Waals surface area contributed by atoms with Crippen LogP contribution < -0.4 is 5.43 Å². The molecular weight excluding hydrogens is 240 g/mol. The minimum absolute atomic E-state index is 0.155. The average Bonchev–Trinajstić information content (AvgIpc) is 3.02. The molecule has 100 valence electrons. The summed E-state index contributed by atoms with van der Waals surface area (Å²) in [5.41, 5.74) is 3.06. The van der Waals surface area contributed by atoms with Crippen molar-refractivity contribution in [3.63, 3.8) is 0 Å². The molecule has 4 heteroatoms. The molecule has 4 nitrogen and oxygen atoms in total. The summed E-state index contributed by atoms with van der Waals surface area (Å²) in [7, 11) is 0.